The van der Waals surface area contributed by atoms with Gasteiger partial charge in [0.15, 0.2) is 0 Å². The molecule has 0 bridgehead atoms. The lowest BCUT2D eigenvalue weighted by atomic mass is 10.2. The predicted molar refractivity (Wildman–Crippen MR) is 106 cm³/mol. The van der Waals surface area contributed by atoms with Gasteiger partial charge in [-0.2, -0.15) is 0 Å². The van der Waals surface area contributed by atoms with Gasteiger partial charge in [-0.05, 0) is 38.5 Å². The summed E-state index contributed by atoms with van der Waals surface area (Å²) in [6.07, 6.45) is 28.9. The van der Waals surface area contributed by atoms with Crippen molar-refractivity contribution in [2.24, 2.45) is 0 Å². The maximum absolute atomic E-state index is 10.4. The Morgan fingerprint density at radius 2 is 1.28 bits per heavy atom. The van der Waals surface area contributed by atoms with Crippen LogP contribution in [0.25, 0.3) is 0 Å². The van der Waals surface area contributed by atoms with E-state index >= 15 is 0 Å². The molecule has 138 valence electrons. The van der Waals surface area contributed by atoms with Gasteiger partial charge in [-0.15, -0.1) is 0 Å². The maximum atomic E-state index is 10.4. The summed E-state index contributed by atoms with van der Waals surface area (Å²) in [5, 5.41) is 18.0. The first kappa shape index (κ1) is 22.9. The fraction of sp³-hybridized carbons (Fsp3) is 0.409. The molecule has 2 N–H and O–H groups in total. The van der Waals surface area contributed by atoms with Crippen molar-refractivity contribution in [3.63, 3.8) is 0 Å². The van der Waals surface area contributed by atoms with Crippen LogP contribution in [0.5, 0.6) is 0 Å². The molecular weight excluding hydrogens is 312 g/mol. The summed E-state index contributed by atoms with van der Waals surface area (Å²) in [6, 6.07) is 0. The first-order valence-electron chi connectivity index (χ1n) is 9.00. The van der Waals surface area contributed by atoms with Gasteiger partial charge in [0.05, 0.1) is 6.10 Å². The van der Waals surface area contributed by atoms with Gasteiger partial charge < -0.3 is 10.2 Å². The van der Waals surface area contributed by atoms with Crippen LogP contribution in [0, 0.1) is 0 Å². The topological polar surface area (TPSA) is 57.5 Å². The number of rotatable bonds is 14. The number of carboxylic acids is 1. The van der Waals surface area contributed by atoms with Gasteiger partial charge in [0, 0.05) is 6.42 Å². The van der Waals surface area contributed by atoms with Crippen LogP contribution in [-0.2, 0) is 4.79 Å². The molecular formula is C22H32O3. The molecule has 0 saturated carbocycles. The van der Waals surface area contributed by atoms with Crippen LogP contribution in [0.2, 0.25) is 0 Å². The number of aliphatic hydroxyl groups excluding tert-OH is 1. The molecule has 0 fully saturated rings. The second kappa shape index (κ2) is 18.2. The van der Waals surface area contributed by atoms with Crippen molar-refractivity contribution in [2.75, 3.05) is 0 Å². The molecule has 3 heteroatoms. The first-order valence-corrected chi connectivity index (χ1v) is 9.00. The van der Waals surface area contributed by atoms with Crippen molar-refractivity contribution in [1.82, 2.24) is 0 Å². The molecule has 0 aliphatic carbocycles. The van der Waals surface area contributed by atoms with Gasteiger partial charge in [-0.3, -0.25) is 4.79 Å². The van der Waals surface area contributed by atoms with Crippen molar-refractivity contribution in [1.29, 1.82) is 0 Å². The molecule has 0 aromatic carbocycles. The molecule has 0 saturated heterocycles. The lowest BCUT2D eigenvalue weighted by Crippen LogP contribution is -2.05. The van der Waals surface area contributed by atoms with Crippen molar-refractivity contribution < 1.29 is 15.0 Å². The largest absolute Gasteiger partial charge is 0.481 e. The van der Waals surface area contributed by atoms with E-state index in [1.165, 1.54) is 0 Å². The minimum absolute atomic E-state index is 0.0167. The molecule has 0 radical (unpaired) electrons. The molecule has 25 heavy (non-hydrogen) atoms. The van der Waals surface area contributed by atoms with Gasteiger partial charge in [0.1, 0.15) is 0 Å². The molecule has 0 spiro atoms. The Labute approximate surface area is 152 Å². The number of carboxylic acid groups (broad SMARTS) is 1. The highest BCUT2D eigenvalue weighted by Gasteiger charge is 2.02. The normalized spacial score (nSPS) is 14.3. The summed E-state index contributed by atoms with van der Waals surface area (Å²) in [5.41, 5.74) is 0. The Kier molecular flexibility index (Phi) is 16.7. The summed E-state index contributed by atoms with van der Waals surface area (Å²) in [5.74, 6) is -0.887. The lowest BCUT2D eigenvalue weighted by Gasteiger charge is -2.00. The van der Waals surface area contributed by atoms with Crippen LogP contribution in [0.1, 0.15) is 51.9 Å². The lowest BCUT2D eigenvalue weighted by molar-refractivity contribution is -0.137. The monoisotopic (exact) mass is 344 g/mol. The average Bonchev–Trinajstić information content (AvgIpc) is 2.59. The van der Waals surface area contributed by atoms with Gasteiger partial charge in [-0.1, -0.05) is 79.8 Å². The smallest absolute Gasteiger partial charge is 0.303 e. The molecule has 1 unspecified atom stereocenters. The molecule has 1 atom stereocenters. The number of allylic oxidation sites excluding steroid dienone is 11. The van der Waals surface area contributed by atoms with Crippen molar-refractivity contribution in [2.45, 2.75) is 58.0 Å². The fourth-order valence-corrected chi connectivity index (χ4v) is 1.87. The van der Waals surface area contributed by atoms with Crippen LogP contribution in [0.15, 0.2) is 72.9 Å². The molecule has 3 nitrogen and oxygen atoms in total. The number of aliphatic carboxylic acids is 1. The van der Waals surface area contributed by atoms with E-state index in [1.807, 2.05) is 12.2 Å². The highest BCUT2D eigenvalue weighted by atomic mass is 16.4. The summed E-state index contributed by atoms with van der Waals surface area (Å²) >= 11 is 0. The SMILES string of the molecule is CC/C=C\C/C=C\C/C=C\C/C=C\C/C=C\C=C/C(O)CCC(=O)O. The Bertz CT molecular complexity index is 493. The van der Waals surface area contributed by atoms with E-state index in [-0.39, 0.29) is 12.8 Å². The molecule has 0 heterocycles. The van der Waals surface area contributed by atoms with E-state index in [9.17, 15) is 9.90 Å². The third-order valence-corrected chi connectivity index (χ3v) is 3.23. The summed E-state index contributed by atoms with van der Waals surface area (Å²) in [4.78, 5) is 10.4. The third-order valence-electron chi connectivity index (χ3n) is 3.23. The van der Waals surface area contributed by atoms with E-state index < -0.39 is 12.1 Å². The Morgan fingerprint density at radius 3 is 1.76 bits per heavy atom. The zero-order valence-electron chi connectivity index (χ0n) is 15.3. The minimum Gasteiger partial charge on any atom is -0.481 e. The van der Waals surface area contributed by atoms with Crippen LogP contribution < -0.4 is 0 Å². The van der Waals surface area contributed by atoms with Crippen LogP contribution in [-0.4, -0.2) is 22.3 Å². The molecule has 0 aliphatic rings. The summed E-state index contributed by atoms with van der Waals surface area (Å²) in [6.45, 7) is 2.14. The van der Waals surface area contributed by atoms with Crippen molar-refractivity contribution in [3.8, 4) is 0 Å². The van der Waals surface area contributed by atoms with E-state index in [1.54, 1.807) is 12.2 Å². The van der Waals surface area contributed by atoms with Gasteiger partial charge in [0.25, 0.3) is 0 Å². The second-order valence-electron chi connectivity index (χ2n) is 5.55. The molecule has 0 aromatic rings. The second-order valence-corrected chi connectivity index (χ2v) is 5.55. The molecule has 0 aliphatic heterocycles. The van der Waals surface area contributed by atoms with E-state index in [2.05, 4.69) is 55.5 Å². The third kappa shape index (κ3) is 19.8. The van der Waals surface area contributed by atoms with Crippen molar-refractivity contribution in [3.05, 3.63) is 72.9 Å². The Hall–Kier alpha value is -2.13. The highest BCUT2D eigenvalue weighted by Crippen LogP contribution is 1.99. The van der Waals surface area contributed by atoms with Crippen LogP contribution >= 0.6 is 0 Å². The Morgan fingerprint density at radius 1 is 0.800 bits per heavy atom. The predicted octanol–water partition coefficient (Wildman–Crippen LogP) is 5.52. The van der Waals surface area contributed by atoms with Crippen molar-refractivity contribution >= 4 is 5.97 Å². The summed E-state index contributed by atoms with van der Waals surface area (Å²) in [7, 11) is 0. The van der Waals surface area contributed by atoms with E-state index in [0.717, 1.165) is 32.1 Å². The Balaban J connectivity index is 3.66. The zero-order valence-corrected chi connectivity index (χ0v) is 15.3. The fourth-order valence-electron chi connectivity index (χ4n) is 1.87. The average molecular weight is 344 g/mol. The first-order chi connectivity index (χ1) is 12.2. The minimum atomic E-state index is -0.887. The number of aliphatic hydroxyl groups is 1. The number of hydrogen-bond donors (Lipinski definition) is 2. The van der Waals surface area contributed by atoms with Gasteiger partial charge in [-0.25, -0.2) is 0 Å². The van der Waals surface area contributed by atoms with Gasteiger partial charge in [0.2, 0.25) is 0 Å². The molecule has 0 amide bonds. The molecule has 0 rings (SSSR count). The number of hydrogen-bond acceptors (Lipinski definition) is 2. The van der Waals surface area contributed by atoms with Crippen LogP contribution in [0.3, 0.4) is 0 Å². The standard InChI is InChI=1S/C22H32O3/c1-2-3-4-5-6-7-8-9-10-11-12-13-14-15-16-17-18-21(23)19-20-22(24)25/h3-4,6-7,9-10,12-13,15-18,21,23H,2,5,8,11,14,19-20H2,1H3,(H,24,25)/b4-3-,7-6-,10-9-,13-12-,16-15-,18-17-. The van der Waals surface area contributed by atoms with E-state index in [4.69, 9.17) is 5.11 Å². The number of carbonyl (C=O) groups is 1. The maximum Gasteiger partial charge on any atom is 0.303 e. The highest BCUT2D eigenvalue weighted by molar-refractivity contribution is 5.66. The quantitative estimate of drug-likeness (QED) is 0.322. The molecule has 0 aromatic heterocycles. The van der Waals surface area contributed by atoms with Gasteiger partial charge >= 0.3 is 5.97 Å². The zero-order chi connectivity index (χ0) is 18.6. The summed E-state index contributed by atoms with van der Waals surface area (Å²) < 4.78 is 0. The van der Waals surface area contributed by atoms with E-state index in [0.29, 0.717) is 0 Å². The van der Waals surface area contributed by atoms with Crippen LogP contribution in [0.4, 0.5) is 0 Å².